The van der Waals surface area contributed by atoms with Crippen LogP contribution in [0.15, 0.2) is 54.6 Å². The molecule has 3 N–H and O–H groups in total. The maximum absolute atomic E-state index is 10.6. The zero-order chi connectivity index (χ0) is 17.8. The molecule has 0 atom stereocenters. The van der Waals surface area contributed by atoms with Crippen molar-refractivity contribution in [2.45, 2.75) is 0 Å². The van der Waals surface area contributed by atoms with Crippen molar-refractivity contribution in [3.63, 3.8) is 0 Å². The molecule has 0 unspecified atom stereocenters. The summed E-state index contributed by atoms with van der Waals surface area (Å²) in [5.41, 5.74) is 0.777. The highest BCUT2D eigenvalue weighted by atomic mass is 16.7. The molecule has 3 heterocycles. The summed E-state index contributed by atoms with van der Waals surface area (Å²) in [5, 5.41) is 31.7. The van der Waals surface area contributed by atoms with Crippen LogP contribution in [-0.4, -0.2) is 22.6 Å². The van der Waals surface area contributed by atoms with Crippen molar-refractivity contribution in [2.24, 2.45) is 0 Å². The van der Waals surface area contributed by atoms with E-state index in [1.807, 2.05) is 0 Å². The smallest absolute Gasteiger partial charge is 0.506 e. The third kappa shape index (κ3) is 1.95. The van der Waals surface area contributed by atoms with Crippen molar-refractivity contribution in [3.8, 4) is 34.5 Å². The Morgan fingerprint density at radius 2 is 0.923 bits per heavy atom. The van der Waals surface area contributed by atoms with E-state index in [1.165, 1.54) is 23.1 Å². The quantitative estimate of drug-likeness (QED) is 0.536. The van der Waals surface area contributed by atoms with Crippen LogP contribution in [0.25, 0.3) is 0 Å². The Morgan fingerprint density at radius 3 is 1.27 bits per heavy atom. The number of rotatable bonds is 0. The molecule has 2 bridgehead atoms. The molecule has 0 spiro atoms. The molecule has 3 aliphatic heterocycles. The number of para-hydroxylation sites is 3. The van der Waals surface area contributed by atoms with E-state index in [0.717, 1.165) is 0 Å². The lowest BCUT2D eigenvalue weighted by Gasteiger charge is -2.36. The van der Waals surface area contributed by atoms with Crippen LogP contribution in [0.1, 0.15) is 0 Å². The fourth-order valence-corrected chi connectivity index (χ4v) is 3.21. The minimum absolute atomic E-state index is 0.0894. The molecule has 0 aromatic heterocycles. The zero-order valence-electron chi connectivity index (χ0n) is 13.3. The molecule has 3 aromatic rings. The number of benzene rings is 3. The predicted molar refractivity (Wildman–Crippen MR) is 93.8 cm³/mol. The summed E-state index contributed by atoms with van der Waals surface area (Å²) in [6, 6.07) is 14.2. The Hall–Kier alpha value is -3.68. The van der Waals surface area contributed by atoms with Crippen LogP contribution < -0.4 is 18.9 Å². The van der Waals surface area contributed by atoms with E-state index >= 15 is 0 Å². The molecular formula is C18H12BNO6. The highest BCUT2D eigenvalue weighted by molar-refractivity contribution is 6.40. The first-order valence-electron chi connectivity index (χ1n) is 7.89. The third-order valence-corrected chi connectivity index (χ3v) is 4.27. The van der Waals surface area contributed by atoms with Gasteiger partial charge in [0.1, 0.15) is 51.6 Å². The van der Waals surface area contributed by atoms with E-state index in [9.17, 15) is 15.3 Å². The van der Waals surface area contributed by atoms with Crippen LogP contribution in [0.3, 0.4) is 0 Å². The molecule has 128 valence electrons. The van der Waals surface area contributed by atoms with E-state index in [4.69, 9.17) is 14.0 Å². The van der Waals surface area contributed by atoms with Crippen LogP contribution in [-0.2, 0) is 0 Å². The third-order valence-electron chi connectivity index (χ3n) is 4.27. The van der Waals surface area contributed by atoms with Crippen molar-refractivity contribution in [1.82, 2.24) is 0 Å². The molecule has 0 saturated carbocycles. The van der Waals surface area contributed by atoms with Gasteiger partial charge in [0, 0.05) is 0 Å². The molecule has 3 aromatic carbocycles. The maximum Gasteiger partial charge on any atom is 0.864 e. The minimum atomic E-state index is -1.18. The number of hydrogen-bond acceptors (Lipinski definition) is 7. The number of aromatic hydroxyl groups is 3. The molecule has 0 fully saturated rings. The summed E-state index contributed by atoms with van der Waals surface area (Å²) < 4.78 is 17.3. The Balaban J connectivity index is 1.95. The number of anilines is 3. The fourth-order valence-electron chi connectivity index (χ4n) is 3.21. The minimum Gasteiger partial charge on any atom is -0.506 e. The summed E-state index contributed by atoms with van der Waals surface area (Å²) in [5.74, 6) is 0.559. The number of hydrogen-bond donors (Lipinski definition) is 3. The van der Waals surface area contributed by atoms with E-state index in [-0.39, 0.29) is 51.6 Å². The van der Waals surface area contributed by atoms with E-state index in [1.54, 1.807) is 36.4 Å². The van der Waals surface area contributed by atoms with Gasteiger partial charge in [-0.2, -0.15) is 0 Å². The lowest BCUT2D eigenvalue weighted by atomic mass is 10.0. The lowest BCUT2D eigenvalue weighted by Crippen LogP contribution is -2.40. The Morgan fingerprint density at radius 1 is 0.577 bits per heavy atom. The van der Waals surface area contributed by atoms with Crippen molar-refractivity contribution in [1.29, 1.82) is 0 Å². The highest BCUT2D eigenvalue weighted by Gasteiger charge is 2.43. The number of phenolic OH excluding ortho intramolecular Hbond substituents is 3. The van der Waals surface area contributed by atoms with Gasteiger partial charge in [0.05, 0.1) is 0 Å². The Labute approximate surface area is 148 Å². The first kappa shape index (κ1) is 14.6. The lowest BCUT2D eigenvalue weighted by molar-refractivity contribution is 0.300. The van der Waals surface area contributed by atoms with Gasteiger partial charge in [-0.15, -0.1) is 0 Å². The second kappa shape index (κ2) is 5.16. The average molecular weight is 349 g/mol. The molecule has 0 amide bonds. The number of phenols is 3. The largest absolute Gasteiger partial charge is 0.864 e. The SMILES string of the molecule is Oc1cccc2c1N1c3c(O)cccc3OB(O2)Oc2cccc(O)c21. The monoisotopic (exact) mass is 349 g/mol. The summed E-state index contributed by atoms with van der Waals surface area (Å²) >= 11 is 0. The van der Waals surface area contributed by atoms with E-state index < -0.39 is 7.32 Å². The second-order valence-corrected chi connectivity index (χ2v) is 5.85. The van der Waals surface area contributed by atoms with Gasteiger partial charge in [-0.25, -0.2) is 0 Å². The van der Waals surface area contributed by atoms with Gasteiger partial charge in [0.15, 0.2) is 0 Å². The van der Waals surface area contributed by atoms with Crippen LogP contribution in [0, 0.1) is 0 Å². The molecule has 8 heteroatoms. The van der Waals surface area contributed by atoms with Gasteiger partial charge in [0.25, 0.3) is 0 Å². The molecule has 6 rings (SSSR count). The van der Waals surface area contributed by atoms with Gasteiger partial charge in [-0.05, 0) is 36.4 Å². The zero-order valence-corrected chi connectivity index (χ0v) is 13.3. The van der Waals surface area contributed by atoms with Crippen molar-refractivity contribution in [2.75, 3.05) is 4.90 Å². The molecule has 3 aliphatic rings. The van der Waals surface area contributed by atoms with Crippen LogP contribution in [0.5, 0.6) is 34.5 Å². The average Bonchev–Trinajstić information content (AvgIpc) is 2.56. The Bertz CT molecular complexity index is 908. The molecule has 7 nitrogen and oxygen atoms in total. The van der Waals surface area contributed by atoms with Gasteiger partial charge in [-0.3, -0.25) is 4.90 Å². The fraction of sp³-hybridized carbons (Fsp3) is 0. The molecule has 0 aliphatic carbocycles. The van der Waals surface area contributed by atoms with Gasteiger partial charge in [-0.1, -0.05) is 18.2 Å². The molecule has 0 radical (unpaired) electrons. The van der Waals surface area contributed by atoms with E-state index in [2.05, 4.69) is 0 Å². The topological polar surface area (TPSA) is 91.6 Å². The molecule has 26 heavy (non-hydrogen) atoms. The van der Waals surface area contributed by atoms with Crippen LogP contribution in [0.4, 0.5) is 17.1 Å². The predicted octanol–water partition coefficient (Wildman–Crippen LogP) is 3.42. The summed E-state index contributed by atoms with van der Waals surface area (Å²) in [6.45, 7) is 0. The number of nitrogens with zero attached hydrogens (tertiary/aromatic N) is 1. The van der Waals surface area contributed by atoms with Gasteiger partial charge < -0.3 is 29.3 Å². The summed E-state index contributed by atoms with van der Waals surface area (Å²) in [6.07, 6.45) is 0. The normalized spacial score (nSPS) is 13.8. The second-order valence-electron chi connectivity index (χ2n) is 5.85. The first-order valence-corrected chi connectivity index (χ1v) is 7.89. The van der Waals surface area contributed by atoms with E-state index in [0.29, 0.717) is 0 Å². The maximum atomic E-state index is 10.6. The molecule has 0 saturated heterocycles. The van der Waals surface area contributed by atoms with Crippen molar-refractivity contribution >= 4 is 24.4 Å². The van der Waals surface area contributed by atoms with Crippen molar-refractivity contribution in [3.05, 3.63) is 54.6 Å². The standard InChI is InChI=1S/C18H12BNO6/c21-10-4-1-7-13-16(10)20-17-11(22)5-2-8-14(17)25-19(24-13)26-15-9-3-6-12(23)18(15)20/h1-9,21-23H. The van der Waals surface area contributed by atoms with Gasteiger partial charge in [0.2, 0.25) is 0 Å². The van der Waals surface area contributed by atoms with Gasteiger partial charge >= 0.3 is 7.32 Å². The van der Waals surface area contributed by atoms with Crippen LogP contribution in [0.2, 0.25) is 0 Å². The summed E-state index contributed by atoms with van der Waals surface area (Å²) in [4.78, 5) is 1.47. The summed E-state index contributed by atoms with van der Waals surface area (Å²) in [7, 11) is -1.18. The molecular weight excluding hydrogens is 337 g/mol. The first-order chi connectivity index (χ1) is 12.6. The Kier molecular flexibility index (Phi) is 2.91. The van der Waals surface area contributed by atoms with Crippen LogP contribution >= 0.6 is 0 Å². The highest BCUT2D eigenvalue weighted by Crippen LogP contribution is 2.57. The van der Waals surface area contributed by atoms with Crippen molar-refractivity contribution < 1.29 is 29.3 Å².